The first-order valence-corrected chi connectivity index (χ1v) is 5.72. The average molecular weight is 287 g/mol. The Morgan fingerprint density at radius 3 is 2.42 bits per heavy atom. The number of carbonyl (C=O) groups is 2. The summed E-state index contributed by atoms with van der Waals surface area (Å²) >= 11 is 0. The first kappa shape index (κ1) is 17.4. The summed E-state index contributed by atoms with van der Waals surface area (Å²) in [5.41, 5.74) is 6.79. The van der Waals surface area contributed by atoms with Crippen LogP contribution in [-0.4, -0.2) is 25.0 Å². The van der Waals surface area contributed by atoms with Crippen molar-refractivity contribution in [3.63, 3.8) is 0 Å². The molecule has 6 heteroatoms. The highest BCUT2D eigenvalue weighted by Gasteiger charge is 2.18. The molecule has 106 valence electrons. The Morgan fingerprint density at radius 2 is 1.89 bits per heavy atom. The van der Waals surface area contributed by atoms with E-state index in [1.54, 1.807) is 6.92 Å². The largest absolute Gasteiger partial charge is 0.467 e. The van der Waals surface area contributed by atoms with Crippen LogP contribution in [0.2, 0.25) is 0 Å². The van der Waals surface area contributed by atoms with Gasteiger partial charge in [0.05, 0.1) is 7.11 Å². The smallest absolute Gasteiger partial charge is 0.328 e. The average Bonchev–Trinajstić information content (AvgIpc) is 2.38. The summed E-state index contributed by atoms with van der Waals surface area (Å²) in [5.74, 6) is -0.749. The highest BCUT2D eigenvalue weighted by Crippen LogP contribution is 2.12. The van der Waals surface area contributed by atoms with E-state index in [0.29, 0.717) is 0 Å². The highest BCUT2D eigenvalue weighted by molar-refractivity contribution is 5.85. The van der Waals surface area contributed by atoms with E-state index in [9.17, 15) is 9.59 Å². The van der Waals surface area contributed by atoms with Gasteiger partial charge in [0.1, 0.15) is 6.04 Å². The number of hydrogen-bond acceptors (Lipinski definition) is 4. The lowest BCUT2D eigenvalue weighted by atomic mass is 10.0. The van der Waals surface area contributed by atoms with E-state index >= 15 is 0 Å². The predicted molar refractivity (Wildman–Crippen MR) is 74.9 cm³/mol. The molecule has 0 aliphatic heterocycles. The maximum absolute atomic E-state index is 11.7. The number of benzene rings is 1. The quantitative estimate of drug-likeness (QED) is 0.796. The van der Waals surface area contributed by atoms with Gasteiger partial charge in [-0.15, -0.1) is 12.4 Å². The van der Waals surface area contributed by atoms with Crippen molar-refractivity contribution in [2.45, 2.75) is 25.4 Å². The number of nitrogens with two attached hydrogens (primary N) is 1. The standard InChI is InChI=1S/C13H18N2O3.ClH/c1-9(13(17)18-2)15-12(16)8-11(14)10-6-4-3-5-7-10;/h3-7,9,11H,8,14H2,1-2H3,(H,15,16);1H. The van der Waals surface area contributed by atoms with Crippen LogP contribution in [-0.2, 0) is 14.3 Å². The van der Waals surface area contributed by atoms with Crippen LogP contribution >= 0.6 is 12.4 Å². The molecule has 0 radical (unpaired) electrons. The fourth-order valence-corrected chi connectivity index (χ4v) is 1.55. The Morgan fingerprint density at radius 1 is 1.32 bits per heavy atom. The number of nitrogens with one attached hydrogen (secondary N) is 1. The molecule has 1 rings (SSSR count). The molecule has 3 N–H and O–H groups in total. The van der Waals surface area contributed by atoms with Gasteiger partial charge in [0.25, 0.3) is 0 Å². The van der Waals surface area contributed by atoms with Gasteiger partial charge in [0.2, 0.25) is 5.91 Å². The lowest BCUT2D eigenvalue weighted by Gasteiger charge is -2.15. The Labute approximate surface area is 118 Å². The Bertz CT molecular complexity index is 412. The van der Waals surface area contributed by atoms with Gasteiger partial charge in [-0.2, -0.15) is 0 Å². The van der Waals surface area contributed by atoms with Gasteiger partial charge < -0.3 is 15.8 Å². The van der Waals surface area contributed by atoms with E-state index in [-0.39, 0.29) is 30.8 Å². The third-order valence-corrected chi connectivity index (χ3v) is 2.57. The van der Waals surface area contributed by atoms with Crippen LogP contribution in [0.25, 0.3) is 0 Å². The molecule has 5 nitrogen and oxygen atoms in total. The lowest BCUT2D eigenvalue weighted by Crippen LogP contribution is -2.40. The second-order valence-electron chi connectivity index (χ2n) is 4.03. The fourth-order valence-electron chi connectivity index (χ4n) is 1.55. The van der Waals surface area contributed by atoms with Crippen molar-refractivity contribution >= 4 is 24.3 Å². The summed E-state index contributed by atoms with van der Waals surface area (Å²) in [7, 11) is 1.28. The zero-order valence-electron chi connectivity index (χ0n) is 11.0. The minimum atomic E-state index is -0.662. The van der Waals surface area contributed by atoms with Crippen molar-refractivity contribution in [3.05, 3.63) is 35.9 Å². The van der Waals surface area contributed by atoms with Crippen LogP contribution in [0.1, 0.15) is 24.9 Å². The zero-order valence-corrected chi connectivity index (χ0v) is 11.8. The minimum absolute atomic E-state index is 0. The normalized spacial score (nSPS) is 12.8. The van der Waals surface area contributed by atoms with Crippen molar-refractivity contribution in [1.29, 1.82) is 0 Å². The van der Waals surface area contributed by atoms with Gasteiger partial charge in [-0.25, -0.2) is 4.79 Å². The number of amides is 1. The molecule has 0 spiro atoms. The number of ether oxygens (including phenoxy) is 1. The van der Waals surface area contributed by atoms with Gasteiger partial charge in [0.15, 0.2) is 0 Å². The Hall–Kier alpha value is -1.59. The SMILES string of the molecule is COC(=O)C(C)NC(=O)CC(N)c1ccccc1.Cl. The predicted octanol–water partition coefficient (Wildman–Crippen LogP) is 1.18. The first-order valence-electron chi connectivity index (χ1n) is 5.72. The van der Waals surface area contributed by atoms with E-state index in [1.807, 2.05) is 30.3 Å². The first-order chi connectivity index (χ1) is 8.54. The second-order valence-corrected chi connectivity index (χ2v) is 4.03. The third-order valence-electron chi connectivity index (χ3n) is 2.57. The van der Waals surface area contributed by atoms with Crippen molar-refractivity contribution in [2.24, 2.45) is 5.73 Å². The number of hydrogen-bond donors (Lipinski definition) is 2. The third kappa shape index (κ3) is 5.72. The number of carbonyl (C=O) groups excluding carboxylic acids is 2. The summed E-state index contributed by atoms with van der Waals surface area (Å²) in [6, 6.07) is 8.30. The Kier molecular flexibility index (Phi) is 7.79. The molecule has 0 saturated heterocycles. The lowest BCUT2D eigenvalue weighted by molar-refractivity contribution is -0.144. The molecular weight excluding hydrogens is 268 g/mol. The maximum atomic E-state index is 11.7. The molecule has 1 amide bonds. The van der Waals surface area contributed by atoms with Crippen LogP contribution in [0.4, 0.5) is 0 Å². The topological polar surface area (TPSA) is 81.4 Å². The molecule has 1 aromatic rings. The number of methoxy groups -OCH3 is 1. The van der Waals surface area contributed by atoms with Crippen LogP contribution in [0, 0.1) is 0 Å². The molecule has 0 heterocycles. The van der Waals surface area contributed by atoms with Crippen molar-refractivity contribution < 1.29 is 14.3 Å². The summed E-state index contributed by atoms with van der Waals surface area (Å²) in [5, 5.41) is 2.54. The van der Waals surface area contributed by atoms with Crippen molar-refractivity contribution in [3.8, 4) is 0 Å². The number of rotatable bonds is 5. The molecule has 2 unspecified atom stereocenters. The Balaban J connectivity index is 0.00000324. The molecule has 0 fully saturated rings. The molecule has 0 saturated carbocycles. The second kappa shape index (κ2) is 8.50. The van der Waals surface area contributed by atoms with Crippen LogP contribution in [0.15, 0.2) is 30.3 Å². The maximum Gasteiger partial charge on any atom is 0.328 e. The van der Waals surface area contributed by atoms with Gasteiger partial charge in [-0.1, -0.05) is 30.3 Å². The van der Waals surface area contributed by atoms with Crippen LogP contribution < -0.4 is 11.1 Å². The fraction of sp³-hybridized carbons (Fsp3) is 0.385. The molecule has 0 aliphatic rings. The molecule has 2 atom stereocenters. The number of halogens is 1. The van der Waals surface area contributed by atoms with Crippen molar-refractivity contribution in [2.75, 3.05) is 7.11 Å². The molecule has 0 aromatic heterocycles. The van der Waals surface area contributed by atoms with Gasteiger partial charge in [-0.05, 0) is 12.5 Å². The summed E-state index contributed by atoms with van der Waals surface area (Å²) in [6.45, 7) is 1.57. The van der Waals surface area contributed by atoms with Crippen LogP contribution in [0.5, 0.6) is 0 Å². The molecule has 19 heavy (non-hydrogen) atoms. The van der Waals surface area contributed by atoms with E-state index in [1.165, 1.54) is 7.11 Å². The molecule has 1 aromatic carbocycles. The zero-order chi connectivity index (χ0) is 13.5. The van der Waals surface area contributed by atoms with Crippen molar-refractivity contribution in [1.82, 2.24) is 5.32 Å². The number of esters is 1. The minimum Gasteiger partial charge on any atom is -0.467 e. The molecular formula is C13H19ClN2O3. The van der Waals surface area contributed by atoms with Gasteiger partial charge >= 0.3 is 5.97 Å². The van der Waals surface area contributed by atoms with E-state index in [0.717, 1.165) is 5.56 Å². The van der Waals surface area contributed by atoms with Crippen LogP contribution in [0.3, 0.4) is 0 Å². The summed E-state index contributed by atoms with van der Waals surface area (Å²) in [6.07, 6.45) is 0.130. The van der Waals surface area contributed by atoms with Gasteiger partial charge in [0, 0.05) is 12.5 Å². The van der Waals surface area contributed by atoms with Gasteiger partial charge in [-0.3, -0.25) is 4.79 Å². The highest BCUT2D eigenvalue weighted by atomic mass is 35.5. The monoisotopic (exact) mass is 286 g/mol. The van der Waals surface area contributed by atoms with E-state index in [4.69, 9.17) is 5.73 Å². The summed E-state index contributed by atoms with van der Waals surface area (Å²) in [4.78, 5) is 22.8. The van der Waals surface area contributed by atoms with E-state index < -0.39 is 12.0 Å². The molecule has 0 bridgehead atoms. The van der Waals surface area contributed by atoms with E-state index in [2.05, 4.69) is 10.1 Å². The summed E-state index contributed by atoms with van der Waals surface area (Å²) < 4.78 is 4.52. The molecule has 0 aliphatic carbocycles.